The Hall–Kier alpha value is -1.41. The third-order valence-corrected chi connectivity index (χ3v) is 4.75. The van der Waals surface area contributed by atoms with Crippen LogP contribution in [0.4, 0.5) is 0 Å². The molecule has 0 N–H and O–H groups in total. The molecule has 2 heterocycles. The zero-order valence-corrected chi connectivity index (χ0v) is 13.8. The normalized spacial score (nSPS) is 21.7. The van der Waals surface area contributed by atoms with Crippen LogP contribution in [0, 0.1) is 0 Å². The Kier molecular flexibility index (Phi) is 4.77. The lowest BCUT2D eigenvalue weighted by atomic mass is 10.2. The summed E-state index contributed by atoms with van der Waals surface area (Å²) in [5.74, 6) is 0.655. The average molecular weight is 336 g/mol. The molecule has 0 atom stereocenters. The lowest BCUT2D eigenvalue weighted by Crippen LogP contribution is -2.50. The molecule has 2 aliphatic rings. The van der Waals surface area contributed by atoms with Crippen molar-refractivity contribution < 1.29 is 14.3 Å². The van der Waals surface area contributed by atoms with Crippen LogP contribution in [0.15, 0.2) is 29.2 Å². The van der Waals surface area contributed by atoms with Crippen molar-refractivity contribution in [3.8, 4) is 5.75 Å². The number of amides is 1. The van der Waals surface area contributed by atoms with Crippen LogP contribution in [0.3, 0.4) is 0 Å². The van der Waals surface area contributed by atoms with Crippen molar-refractivity contribution in [1.29, 1.82) is 0 Å². The van der Waals surface area contributed by atoms with Gasteiger partial charge in [0.05, 0.1) is 25.2 Å². The number of para-hydroxylation sites is 1. The van der Waals surface area contributed by atoms with Gasteiger partial charge in [-0.05, 0) is 12.1 Å². The summed E-state index contributed by atoms with van der Waals surface area (Å²) < 4.78 is 11.2. The van der Waals surface area contributed by atoms with Gasteiger partial charge < -0.3 is 9.47 Å². The van der Waals surface area contributed by atoms with Gasteiger partial charge in [-0.25, -0.2) is 10.0 Å². The standard InChI is InChI=1S/C15H16N2O3S2/c1-19-12-5-3-2-4-11(12)10-13-14(18)17(15(21)22-13)16-6-8-20-9-7-16/h2-5,10H,6-9H2,1H3/b13-10+. The molecular formula is C15H16N2O3S2. The number of hydrogen-bond donors (Lipinski definition) is 0. The summed E-state index contributed by atoms with van der Waals surface area (Å²) in [6.45, 7) is 2.58. The first kappa shape index (κ1) is 15.5. The first-order valence-corrected chi connectivity index (χ1v) is 8.17. The molecule has 2 aliphatic heterocycles. The van der Waals surface area contributed by atoms with Crippen LogP contribution in [0.5, 0.6) is 5.75 Å². The number of rotatable bonds is 3. The molecule has 2 fully saturated rings. The highest BCUT2D eigenvalue weighted by molar-refractivity contribution is 8.26. The summed E-state index contributed by atoms with van der Waals surface area (Å²) in [4.78, 5) is 13.3. The monoisotopic (exact) mass is 336 g/mol. The molecule has 0 spiro atoms. The quantitative estimate of drug-likeness (QED) is 0.622. The number of carbonyl (C=O) groups is 1. The van der Waals surface area contributed by atoms with Crippen molar-refractivity contribution in [2.45, 2.75) is 0 Å². The van der Waals surface area contributed by atoms with Gasteiger partial charge in [-0.3, -0.25) is 4.79 Å². The van der Waals surface area contributed by atoms with Crippen LogP contribution in [-0.4, -0.2) is 53.7 Å². The van der Waals surface area contributed by atoms with Crippen molar-refractivity contribution in [3.05, 3.63) is 34.7 Å². The number of hydrogen-bond acceptors (Lipinski definition) is 6. The van der Waals surface area contributed by atoms with Gasteiger partial charge in [-0.15, -0.1) is 0 Å². The fourth-order valence-electron chi connectivity index (χ4n) is 2.38. The van der Waals surface area contributed by atoms with E-state index in [1.54, 1.807) is 12.1 Å². The highest BCUT2D eigenvalue weighted by atomic mass is 32.2. The predicted molar refractivity (Wildman–Crippen MR) is 90.4 cm³/mol. The second kappa shape index (κ2) is 6.78. The molecule has 1 aromatic rings. The zero-order chi connectivity index (χ0) is 15.5. The fourth-order valence-corrected chi connectivity index (χ4v) is 3.68. The van der Waals surface area contributed by atoms with Crippen LogP contribution in [0.2, 0.25) is 0 Å². The first-order chi connectivity index (χ1) is 10.7. The predicted octanol–water partition coefficient (Wildman–Crippen LogP) is 2.14. The maximum absolute atomic E-state index is 12.6. The van der Waals surface area contributed by atoms with E-state index in [0.29, 0.717) is 35.5 Å². The molecule has 2 saturated heterocycles. The second-order valence-electron chi connectivity index (χ2n) is 4.80. The minimum atomic E-state index is -0.0807. The molecule has 1 amide bonds. The number of carbonyl (C=O) groups excluding carboxylic acids is 1. The van der Waals surface area contributed by atoms with Crippen molar-refractivity contribution in [2.24, 2.45) is 0 Å². The third-order valence-electron chi connectivity index (χ3n) is 3.47. The van der Waals surface area contributed by atoms with Gasteiger partial charge in [-0.2, -0.15) is 0 Å². The van der Waals surface area contributed by atoms with E-state index in [1.165, 1.54) is 11.8 Å². The van der Waals surface area contributed by atoms with Crippen molar-refractivity contribution >= 4 is 40.3 Å². The number of ether oxygens (including phenoxy) is 2. The summed E-state index contributed by atoms with van der Waals surface area (Å²) in [5.41, 5.74) is 0.868. The van der Waals surface area contributed by atoms with E-state index in [-0.39, 0.29) is 5.91 Å². The van der Waals surface area contributed by atoms with Gasteiger partial charge in [-0.1, -0.05) is 42.2 Å². The Morgan fingerprint density at radius 1 is 1.32 bits per heavy atom. The average Bonchev–Trinajstić information content (AvgIpc) is 2.83. The summed E-state index contributed by atoms with van der Waals surface area (Å²) in [7, 11) is 1.62. The maximum atomic E-state index is 12.6. The van der Waals surface area contributed by atoms with Gasteiger partial charge in [0.25, 0.3) is 5.91 Å². The van der Waals surface area contributed by atoms with Gasteiger partial charge in [0.15, 0.2) is 4.32 Å². The van der Waals surface area contributed by atoms with E-state index in [9.17, 15) is 4.79 Å². The largest absolute Gasteiger partial charge is 0.496 e. The van der Waals surface area contributed by atoms with E-state index in [4.69, 9.17) is 21.7 Å². The molecular weight excluding hydrogens is 320 g/mol. The lowest BCUT2D eigenvalue weighted by Gasteiger charge is -2.33. The molecule has 7 heteroatoms. The molecule has 22 heavy (non-hydrogen) atoms. The molecule has 0 aliphatic carbocycles. The summed E-state index contributed by atoms with van der Waals surface area (Å²) in [6, 6.07) is 7.60. The zero-order valence-electron chi connectivity index (χ0n) is 12.2. The fraction of sp³-hybridized carbons (Fsp3) is 0.333. The van der Waals surface area contributed by atoms with Crippen LogP contribution in [0.1, 0.15) is 5.56 Å². The van der Waals surface area contributed by atoms with E-state index in [2.05, 4.69) is 0 Å². The molecule has 0 radical (unpaired) electrons. The topological polar surface area (TPSA) is 42.0 Å². The van der Waals surface area contributed by atoms with Gasteiger partial charge in [0, 0.05) is 18.7 Å². The number of morpholine rings is 1. The lowest BCUT2D eigenvalue weighted by molar-refractivity contribution is -0.138. The summed E-state index contributed by atoms with van der Waals surface area (Å²) in [6.07, 6.45) is 1.83. The Morgan fingerprint density at radius 2 is 2.05 bits per heavy atom. The van der Waals surface area contributed by atoms with Crippen molar-refractivity contribution in [3.63, 3.8) is 0 Å². The van der Waals surface area contributed by atoms with Gasteiger partial charge in [0.1, 0.15) is 5.75 Å². The van der Waals surface area contributed by atoms with Gasteiger partial charge >= 0.3 is 0 Å². The Morgan fingerprint density at radius 3 is 2.77 bits per heavy atom. The van der Waals surface area contributed by atoms with Crippen LogP contribution < -0.4 is 4.74 Å². The maximum Gasteiger partial charge on any atom is 0.280 e. The van der Waals surface area contributed by atoms with Crippen molar-refractivity contribution in [1.82, 2.24) is 10.0 Å². The van der Waals surface area contributed by atoms with Crippen LogP contribution in [-0.2, 0) is 9.53 Å². The van der Waals surface area contributed by atoms with Crippen molar-refractivity contribution in [2.75, 3.05) is 33.4 Å². The van der Waals surface area contributed by atoms with E-state index >= 15 is 0 Å². The number of nitrogens with zero attached hydrogens (tertiary/aromatic N) is 2. The van der Waals surface area contributed by atoms with E-state index in [0.717, 1.165) is 11.3 Å². The first-order valence-electron chi connectivity index (χ1n) is 6.94. The number of thioether (sulfide) groups is 1. The third kappa shape index (κ3) is 3.03. The number of benzene rings is 1. The highest BCUT2D eigenvalue weighted by Gasteiger charge is 2.37. The van der Waals surface area contributed by atoms with Crippen LogP contribution >= 0.6 is 24.0 Å². The van der Waals surface area contributed by atoms with Crippen LogP contribution in [0.25, 0.3) is 6.08 Å². The molecule has 116 valence electrons. The van der Waals surface area contributed by atoms with E-state index in [1.807, 2.05) is 35.4 Å². The molecule has 0 unspecified atom stereocenters. The Balaban J connectivity index is 1.85. The molecule has 1 aromatic carbocycles. The Bertz CT molecular complexity index is 627. The highest BCUT2D eigenvalue weighted by Crippen LogP contribution is 2.35. The summed E-state index contributed by atoms with van der Waals surface area (Å²) in [5, 5.41) is 3.54. The minimum Gasteiger partial charge on any atom is -0.496 e. The SMILES string of the molecule is COc1ccccc1/C=C1/SC(=S)N(N2CCOCC2)C1=O. The van der Waals surface area contributed by atoms with Gasteiger partial charge in [0.2, 0.25) is 0 Å². The molecule has 3 rings (SSSR count). The molecule has 5 nitrogen and oxygen atoms in total. The molecule has 0 aromatic heterocycles. The Labute approximate surface area is 138 Å². The molecule has 0 saturated carbocycles. The smallest absolute Gasteiger partial charge is 0.280 e. The minimum absolute atomic E-state index is 0.0807. The number of methoxy groups -OCH3 is 1. The molecule has 0 bridgehead atoms. The number of thiocarbonyl (C=S) groups is 1. The number of hydrazine groups is 1. The van der Waals surface area contributed by atoms with E-state index < -0.39 is 0 Å². The second-order valence-corrected chi connectivity index (χ2v) is 6.48. The summed E-state index contributed by atoms with van der Waals surface area (Å²) >= 11 is 6.69.